The Bertz CT molecular complexity index is 1080. The third-order valence-electron chi connectivity index (χ3n) is 4.06. The number of aryl methyl sites for hydroxylation is 1. The van der Waals surface area contributed by atoms with E-state index in [1.165, 1.54) is 23.5 Å². The van der Waals surface area contributed by atoms with Gasteiger partial charge in [0.25, 0.3) is 0 Å². The number of nitrogens with zero attached hydrogens (tertiary/aromatic N) is 4. The monoisotopic (exact) mass is 398 g/mol. The zero-order valence-corrected chi connectivity index (χ0v) is 16.1. The van der Waals surface area contributed by atoms with E-state index in [0.29, 0.717) is 17.4 Å². The third-order valence-corrected chi connectivity index (χ3v) is 4.96. The summed E-state index contributed by atoms with van der Waals surface area (Å²) in [6, 6.07) is 10.4. The average molecular weight is 398 g/mol. The van der Waals surface area contributed by atoms with Crippen LogP contribution in [0.2, 0.25) is 0 Å². The van der Waals surface area contributed by atoms with Crippen molar-refractivity contribution in [2.75, 3.05) is 18.0 Å². The fourth-order valence-corrected chi connectivity index (χ4v) is 3.57. The number of azo groups is 1. The van der Waals surface area contributed by atoms with E-state index in [1.807, 2.05) is 25.1 Å². The summed E-state index contributed by atoms with van der Waals surface area (Å²) in [6.45, 7) is 4.00. The van der Waals surface area contributed by atoms with Gasteiger partial charge in [0.2, 0.25) is 5.13 Å². The molecule has 0 radical (unpaired) electrons. The number of thiazole rings is 1. The molecular formula is C19H18N4O4S. The van der Waals surface area contributed by atoms with Gasteiger partial charge in [0.15, 0.2) is 0 Å². The Hall–Kier alpha value is -3.33. The number of likely N-dealkylation sites (N-methyl/N-ethyl adjacent to an activating group) is 1. The van der Waals surface area contributed by atoms with Crippen molar-refractivity contribution in [1.82, 2.24) is 4.98 Å². The molecule has 0 saturated carbocycles. The summed E-state index contributed by atoms with van der Waals surface area (Å²) in [5.74, 6) is -2.16. The topological polar surface area (TPSA) is 115 Å². The predicted molar refractivity (Wildman–Crippen MR) is 107 cm³/mol. The first-order valence-electron chi connectivity index (χ1n) is 8.50. The first-order valence-corrected chi connectivity index (χ1v) is 9.32. The molecular weight excluding hydrogens is 380 g/mol. The number of hydrogen-bond donors (Lipinski definition) is 2. The van der Waals surface area contributed by atoms with Crippen LogP contribution in [0.25, 0.3) is 10.2 Å². The van der Waals surface area contributed by atoms with Gasteiger partial charge in [-0.05, 0) is 49.7 Å². The number of carboxylic acid groups (broad SMARTS) is 2. The second-order valence-corrected chi connectivity index (χ2v) is 7.09. The minimum absolute atomic E-state index is 0.0537. The largest absolute Gasteiger partial charge is 0.480 e. The van der Waals surface area contributed by atoms with Gasteiger partial charge in [-0.2, -0.15) is 0 Å². The van der Waals surface area contributed by atoms with Crippen LogP contribution in [0.3, 0.4) is 0 Å². The zero-order valence-electron chi connectivity index (χ0n) is 15.3. The molecule has 0 aliphatic heterocycles. The molecule has 0 aliphatic rings. The van der Waals surface area contributed by atoms with Gasteiger partial charge in [0, 0.05) is 12.2 Å². The summed E-state index contributed by atoms with van der Waals surface area (Å²) in [7, 11) is 0. The van der Waals surface area contributed by atoms with Crippen molar-refractivity contribution in [2.24, 2.45) is 10.2 Å². The number of benzene rings is 2. The van der Waals surface area contributed by atoms with Gasteiger partial charge >= 0.3 is 11.9 Å². The fourth-order valence-electron chi connectivity index (χ4n) is 2.69. The van der Waals surface area contributed by atoms with Gasteiger partial charge < -0.3 is 15.1 Å². The Labute approximate surface area is 164 Å². The molecule has 0 atom stereocenters. The number of rotatable bonds is 7. The first kappa shape index (κ1) is 19.4. The van der Waals surface area contributed by atoms with Crippen molar-refractivity contribution in [3.8, 4) is 0 Å². The molecule has 0 unspecified atom stereocenters. The molecule has 28 heavy (non-hydrogen) atoms. The van der Waals surface area contributed by atoms with E-state index in [2.05, 4.69) is 15.2 Å². The van der Waals surface area contributed by atoms with E-state index in [1.54, 1.807) is 17.9 Å². The Balaban J connectivity index is 1.92. The van der Waals surface area contributed by atoms with Crippen molar-refractivity contribution in [2.45, 2.75) is 13.8 Å². The third kappa shape index (κ3) is 4.32. The lowest BCUT2D eigenvalue weighted by Gasteiger charge is -2.21. The Morgan fingerprint density at radius 2 is 1.93 bits per heavy atom. The van der Waals surface area contributed by atoms with Crippen LogP contribution in [0.15, 0.2) is 46.6 Å². The molecule has 9 heteroatoms. The maximum atomic E-state index is 11.6. The second kappa shape index (κ2) is 8.13. The summed E-state index contributed by atoms with van der Waals surface area (Å²) in [4.78, 5) is 28.6. The number of hydrogen-bond acceptors (Lipinski definition) is 7. The highest BCUT2D eigenvalue weighted by atomic mass is 32.1. The van der Waals surface area contributed by atoms with Crippen LogP contribution in [0, 0.1) is 6.92 Å². The Kier molecular flexibility index (Phi) is 5.65. The number of carbonyl (C=O) groups is 2. The molecule has 0 saturated heterocycles. The summed E-state index contributed by atoms with van der Waals surface area (Å²) >= 11 is 1.37. The molecule has 0 bridgehead atoms. The van der Waals surface area contributed by atoms with Gasteiger partial charge in [-0.3, -0.25) is 4.79 Å². The van der Waals surface area contributed by atoms with E-state index >= 15 is 0 Å². The SMILES string of the molecule is CCN(CC(=O)O)c1ccc(N=Nc2nc3ccc(C)cc3s2)c(C(=O)O)c1. The van der Waals surface area contributed by atoms with Gasteiger partial charge in [-0.25, -0.2) is 9.78 Å². The summed E-state index contributed by atoms with van der Waals surface area (Å²) in [6.07, 6.45) is 0. The van der Waals surface area contributed by atoms with Crippen LogP contribution >= 0.6 is 11.3 Å². The average Bonchev–Trinajstić information content (AvgIpc) is 3.06. The van der Waals surface area contributed by atoms with Crippen molar-refractivity contribution in [1.29, 1.82) is 0 Å². The van der Waals surface area contributed by atoms with E-state index in [4.69, 9.17) is 5.11 Å². The van der Waals surface area contributed by atoms with Crippen LogP contribution in [-0.2, 0) is 4.79 Å². The summed E-state index contributed by atoms with van der Waals surface area (Å²) < 4.78 is 0.981. The van der Waals surface area contributed by atoms with E-state index in [9.17, 15) is 14.7 Å². The van der Waals surface area contributed by atoms with E-state index < -0.39 is 11.9 Å². The summed E-state index contributed by atoms with van der Waals surface area (Å²) in [5, 5.41) is 27.1. The number of carboxylic acids is 2. The first-order chi connectivity index (χ1) is 13.4. The lowest BCUT2D eigenvalue weighted by atomic mass is 10.1. The molecule has 2 aromatic carbocycles. The molecule has 0 aliphatic carbocycles. The normalized spacial score (nSPS) is 11.2. The minimum atomic E-state index is -1.16. The Morgan fingerprint density at radius 3 is 2.61 bits per heavy atom. The highest BCUT2D eigenvalue weighted by molar-refractivity contribution is 7.21. The molecule has 0 fully saturated rings. The van der Waals surface area contributed by atoms with Crippen molar-refractivity contribution in [3.63, 3.8) is 0 Å². The smallest absolute Gasteiger partial charge is 0.338 e. The Morgan fingerprint density at radius 1 is 1.14 bits per heavy atom. The van der Waals surface area contributed by atoms with E-state index in [-0.39, 0.29) is 17.8 Å². The van der Waals surface area contributed by atoms with Crippen molar-refractivity contribution in [3.05, 3.63) is 47.5 Å². The molecule has 3 aromatic rings. The van der Waals surface area contributed by atoms with Gasteiger partial charge in [0.05, 0.1) is 15.8 Å². The number of aliphatic carboxylic acids is 1. The second-order valence-electron chi connectivity index (χ2n) is 6.08. The molecule has 1 heterocycles. The molecule has 3 rings (SSSR count). The van der Waals surface area contributed by atoms with Crippen LogP contribution < -0.4 is 4.90 Å². The van der Waals surface area contributed by atoms with Crippen LogP contribution in [0.5, 0.6) is 0 Å². The fraction of sp³-hybridized carbons (Fsp3) is 0.211. The summed E-state index contributed by atoms with van der Waals surface area (Å²) in [5.41, 5.74) is 2.55. The van der Waals surface area contributed by atoms with E-state index in [0.717, 1.165) is 15.8 Å². The molecule has 144 valence electrons. The van der Waals surface area contributed by atoms with Crippen LogP contribution in [0.4, 0.5) is 16.5 Å². The van der Waals surface area contributed by atoms with Crippen LogP contribution in [-0.4, -0.2) is 40.2 Å². The van der Waals surface area contributed by atoms with Gasteiger partial charge in [-0.1, -0.05) is 17.4 Å². The molecule has 0 spiro atoms. The standard InChI is InChI=1S/C19H18N4O4S/c1-3-23(10-17(24)25)12-5-7-14(13(9-12)18(26)27)21-22-19-20-15-6-4-11(2)8-16(15)28-19/h4-9H,3,10H2,1-2H3,(H,24,25)(H,26,27). The predicted octanol–water partition coefficient (Wildman–Crippen LogP) is 4.63. The van der Waals surface area contributed by atoms with Crippen molar-refractivity contribution >= 4 is 50.0 Å². The molecule has 1 aromatic heterocycles. The quantitative estimate of drug-likeness (QED) is 0.561. The zero-order chi connectivity index (χ0) is 20.3. The number of fused-ring (bicyclic) bond motifs is 1. The van der Waals surface area contributed by atoms with Crippen LogP contribution in [0.1, 0.15) is 22.8 Å². The number of aromatic nitrogens is 1. The number of anilines is 1. The lowest BCUT2D eigenvalue weighted by Crippen LogP contribution is -2.29. The lowest BCUT2D eigenvalue weighted by molar-refractivity contribution is -0.135. The number of aromatic carboxylic acids is 1. The highest BCUT2D eigenvalue weighted by Gasteiger charge is 2.15. The van der Waals surface area contributed by atoms with Gasteiger partial charge in [-0.15, -0.1) is 10.2 Å². The van der Waals surface area contributed by atoms with Gasteiger partial charge in [0.1, 0.15) is 12.2 Å². The maximum absolute atomic E-state index is 11.6. The molecule has 0 amide bonds. The van der Waals surface area contributed by atoms with Crippen molar-refractivity contribution < 1.29 is 19.8 Å². The molecule has 2 N–H and O–H groups in total. The molecule has 8 nitrogen and oxygen atoms in total. The minimum Gasteiger partial charge on any atom is -0.480 e. The highest BCUT2D eigenvalue weighted by Crippen LogP contribution is 2.31. The maximum Gasteiger partial charge on any atom is 0.338 e.